The second-order valence-corrected chi connectivity index (χ2v) is 4.01. The predicted molar refractivity (Wildman–Crippen MR) is 37.6 cm³/mol. The molecule has 2 nitrogen and oxygen atoms in total. The van der Waals surface area contributed by atoms with E-state index < -0.39 is 0 Å². The molecule has 0 N–H and O–H groups in total. The highest BCUT2D eigenvalue weighted by Crippen LogP contribution is 2.53. The molecule has 0 amide bonds. The van der Waals surface area contributed by atoms with Gasteiger partial charge in [-0.1, -0.05) is 0 Å². The summed E-state index contributed by atoms with van der Waals surface area (Å²) >= 11 is 0. The summed E-state index contributed by atoms with van der Waals surface area (Å²) in [6, 6.07) is 0. The number of hydrogen-bond acceptors (Lipinski definition) is 2. The van der Waals surface area contributed by atoms with Gasteiger partial charge in [-0.3, -0.25) is 4.90 Å². The Balaban J connectivity index is 1.90. The number of rotatable bonds is 0. The molecule has 1 aliphatic carbocycles. The zero-order chi connectivity index (χ0) is 6.60. The summed E-state index contributed by atoms with van der Waals surface area (Å²) in [4.78, 5) is 2.54. The summed E-state index contributed by atoms with van der Waals surface area (Å²) in [6.45, 7) is 3.24. The van der Waals surface area contributed by atoms with Crippen LogP contribution in [0, 0.1) is 5.92 Å². The van der Waals surface area contributed by atoms with E-state index in [-0.39, 0.29) is 0 Å². The molecule has 0 aromatic heterocycles. The van der Waals surface area contributed by atoms with Gasteiger partial charge in [-0.15, -0.1) is 0 Å². The van der Waals surface area contributed by atoms with Gasteiger partial charge in [0.1, 0.15) is 0 Å². The van der Waals surface area contributed by atoms with Gasteiger partial charge in [-0.25, -0.2) is 0 Å². The zero-order valence-corrected chi connectivity index (χ0v) is 6.18. The van der Waals surface area contributed by atoms with Crippen molar-refractivity contribution in [1.29, 1.82) is 0 Å². The van der Waals surface area contributed by atoms with Crippen LogP contribution in [-0.4, -0.2) is 30.3 Å². The van der Waals surface area contributed by atoms with Gasteiger partial charge in [0.15, 0.2) is 0 Å². The second kappa shape index (κ2) is 1.56. The van der Waals surface area contributed by atoms with E-state index in [0.29, 0.717) is 5.54 Å². The van der Waals surface area contributed by atoms with E-state index in [1.165, 1.54) is 25.8 Å². The van der Waals surface area contributed by atoms with Crippen LogP contribution in [0.1, 0.15) is 19.3 Å². The molecular weight excluding hydrogens is 126 g/mol. The van der Waals surface area contributed by atoms with E-state index in [0.717, 1.165) is 19.3 Å². The quantitative estimate of drug-likeness (QED) is 0.493. The highest BCUT2D eigenvalue weighted by Gasteiger charge is 2.56. The number of nitrogens with zero attached hydrogens (tertiary/aromatic N) is 1. The Morgan fingerprint density at radius 1 is 1.40 bits per heavy atom. The van der Waals surface area contributed by atoms with Crippen molar-refractivity contribution in [3.8, 4) is 0 Å². The lowest BCUT2D eigenvalue weighted by Gasteiger charge is -2.45. The largest absolute Gasteiger partial charge is 0.366 e. The Kier molecular flexibility index (Phi) is 0.868. The Labute approximate surface area is 61.1 Å². The van der Waals surface area contributed by atoms with Gasteiger partial charge in [-0.05, 0) is 25.2 Å². The first-order valence-corrected chi connectivity index (χ1v) is 4.22. The summed E-state index contributed by atoms with van der Waals surface area (Å²) in [6.07, 6.45) is 4.23. The van der Waals surface area contributed by atoms with E-state index in [9.17, 15) is 0 Å². The molecule has 10 heavy (non-hydrogen) atoms. The molecular formula is C8H13NO. The summed E-state index contributed by atoms with van der Waals surface area (Å²) < 4.78 is 5.40. The minimum absolute atomic E-state index is 0.642. The Morgan fingerprint density at radius 2 is 2.30 bits per heavy atom. The van der Waals surface area contributed by atoms with Crippen molar-refractivity contribution < 1.29 is 4.74 Å². The van der Waals surface area contributed by atoms with Crippen LogP contribution < -0.4 is 0 Å². The maximum Gasteiger partial charge on any atom is 0.0994 e. The van der Waals surface area contributed by atoms with Crippen molar-refractivity contribution in [2.75, 3.05) is 19.9 Å². The van der Waals surface area contributed by atoms with Gasteiger partial charge in [0.25, 0.3) is 0 Å². The van der Waals surface area contributed by atoms with Crippen LogP contribution in [-0.2, 0) is 4.74 Å². The van der Waals surface area contributed by atoms with Crippen LogP contribution in [0.4, 0.5) is 0 Å². The number of hydrogen-bond donors (Lipinski definition) is 0. The van der Waals surface area contributed by atoms with Crippen molar-refractivity contribution in [2.24, 2.45) is 5.92 Å². The average molecular weight is 139 g/mol. The fourth-order valence-corrected chi connectivity index (χ4v) is 2.90. The molecule has 0 aromatic carbocycles. The monoisotopic (exact) mass is 139 g/mol. The van der Waals surface area contributed by atoms with E-state index >= 15 is 0 Å². The first-order chi connectivity index (χ1) is 4.89. The van der Waals surface area contributed by atoms with Gasteiger partial charge in [0.2, 0.25) is 0 Å². The highest BCUT2D eigenvalue weighted by molar-refractivity contribution is 5.10. The molecule has 0 unspecified atom stereocenters. The van der Waals surface area contributed by atoms with E-state index in [1.807, 2.05) is 0 Å². The third-order valence-electron chi connectivity index (χ3n) is 3.45. The first-order valence-electron chi connectivity index (χ1n) is 4.22. The average Bonchev–Trinajstić information content (AvgIpc) is 2.37. The number of ether oxygens (including phenoxy) is 1. The molecule has 0 aromatic rings. The third kappa shape index (κ3) is 0.487. The summed E-state index contributed by atoms with van der Waals surface area (Å²) in [7, 11) is 0. The standard InChI is InChI=1S/C8H13NO/c1-2-10-6-9-5-7-3-8(1,9)4-7/h7H,1-6H2. The van der Waals surface area contributed by atoms with Crippen LogP contribution in [0.3, 0.4) is 0 Å². The molecule has 1 spiro atoms. The first kappa shape index (κ1) is 5.56. The van der Waals surface area contributed by atoms with Gasteiger partial charge in [0.05, 0.1) is 13.3 Å². The fraction of sp³-hybridized carbons (Fsp3) is 1.00. The fourth-order valence-electron chi connectivity index (χ4n) is 2.90. The normalized spacial score (nSPS) is 52.2. The van der Waals surface area contributed by atoms with E-state index in [1.54, 1.807) is 0 Å². The molecule has 0 radical (unpaired) electrons. The third-order valence-corrected chi connectivity index (χ3v) is 3.45. The molecule has 2 heteroatoms. The highest BCUT2D eigenvalue weighted by atomic mass is 16.5. The molecule has 4 aliphatic rings. The van der Waals surface area contributed by atoms with Crippen molar-refractivity contribution in [3.05, 3.63) is 0 Å². The lowest BCUT2D eigenvalue weighted by Crippen LogP contribution is -2.50. The van der Waals surface area contributed by atoms with Crippen molar-refractivity contribution >= 4 is 0 Å². The zero-order valence-electron chi connectivity index (χ0n) is 6.18. The van der Waals surface area contributed by atoms with E-state index in [2.05, 4.69) is 4.90 Å². The van der Waals surface area contributed by atoms with Gasteiger partial charge in [-0.2, -0.15) is 0 Å². The van der Waals surface area contributed by atoms with Crippen LogP contribution in [0.5, 0.6) is 0 Å². The molecule has 2 bridgehead atoms. The molecule has 4 rings (SSSR count). The molecule has 1 saturated carbocycles. The SMILES string of the molecule is C1CC23CC(CN2CO1)C3. The summed E-state index contributed by atoms with van der Waals surface area (Å²) in [5.41, 5.74) is 0.642. The molecule has 3 heterocycles. The Morgan fingerprint density at radius 3 is 3.10 bits per heavy atom. The molecule has 3 saturated heterocycles. The lowest BCUT2D eigenvalue weighted by atomic mass is 9.71. The van der Waals surface area contributed by atoms with Crippen LogP contribution >= 0.6 is 0 Å². The van der Waals surface area contributed by atoms with Crippen molar-refractivity contribution in [2.45, 2.75) is 24.8 Å². The van der Waals surface area contributed by atoms with Crippen molar-refractivity contribution in [3.63, 3.8) is 0 Å². The second-order valence-electron chi connectivity index (χ2n) is 4.01. The summed E-state index contributed by atoms with van der Waals surface area (Å²) in [5, 5.41) is 0. The Hall–Kier alpha value is -0.0800. The molecule has 3 aliphatic heterocycles. The Bertz CT molecular complexity index is 160. The van der Waals surface area contributed by atoms with Gasteiger partial charge in [0, 0.05) is 12.1 Å². The van der Waals surface area contributed by atoms with Crippen molar-refractivity contribution in [1.82, 2.24) is 4.90 Å². The van der Waals surface area contributed by atoms with Crippen LogP contribution in [0.25, 0.3) is 0 Å². The lowest BCUT2D eigenvalue weighted by molar-refractivity contribution is -0.0780. The molecule has 4 fully saturated rings. The maximum atomic E-state index is 5.40. The minimum atomic E-state index is 0.642. The molecule has 0 atom stereocenters. The smallest absolute Gasteiger partial charge is 0.0994 e. The van der Waals surface area contributed by atoms with Crippen LogP contribution in [0.2, 0.25) is 0 Å². The molecule has 56 valence electrons. The van der Waals surface area contributed by atoms with Crippen LogP contribution in [0.15, 0.2) is 0 Å². The van der Waals surface area contributed by atoms with Gasteiger partial charge < -0.3 is 4.74 Å². The van der Waals surface area contributed by atoms with Gasteiger partial charge >= 0.3 is 0 Å². The maximum absolute atomic E-state index is 5.40. The topological polar surface area (TPSA) is 12.5 Å². The minimum Gasteiger partial charge on any atom is -0.366 e. The predicted octanol–water partition coefficient (Wildman–Crippen LogP) is 0.829. The van der Waals surface area contributed by atoms with E-state index in [4.69, 9.17) is 4.74 Å². The summed E-state index contributed by atoms with van der Waals surface area (Å²) in [5.74, 6) is 1.03.